The molecule has 0 heterocycles. The van der Waals surface area contributed by atoms with E-state index < -0.39 is 9.85 Å². The van der Waals surface area contributed by atoms with E-state index in [1.165, 1.54) is 12.1 Å². The molecule has 0 amide bonds. The molecule has 0 bridgehead atoms. The Hall–Kier alpha value is -2.29. The van der Waals surface area contributed by atoms with Gasteiger partial charge in [-0.25, -0.2) is 0 Å². The molecule has 18 heteroatoms. The molecule has 0 spiro atoms. The van der Waals surface area contributed by atoms with Gasteiger partial charge in [0.1, 0.15) is 5.69 Å². The van der Waals surface area contributed by atoms with E-state index in [0.29, 0.717) is 125 Å². The van der Waals surface area contributed by atoms with E-state index in [9.17, 15) is 20.2 Å². The van der Waals surface area contributed by atoms with E-state index in [-0.39, 0.29) is 23.7 Å². The smallest absolute Gasteiger partial charge is 0.299 e. The summed E-state index contributed by atoms with van der Waals surface area (Å²) in [6.45, 7) is 9.86. The standard InChI is InChI=1S/C32H56ClN3O14/c33-7-3-1-2-4-9-41-11-13-43-15-17-45-19-21-47-23-25-49-27-28-50-26-24-48-22-20-46-18-16-44-14-12-42-10-8-34-31-6-5-30(35(37)38)29-32(31)36(39)40/h5-6,29,34H,1-4,7-28H2. The first-order valence-electron chi connectivity index (χ1n) is 17.1. The molecule has 0 atom stereocenters. The Morgan fingerprint density at radius 3 is 1.20 bits per heavy atom. The maximum atomic E-state index is 11.1. The fourth-order valence-electron chi connectivity index (χ4n) is 3.93. The Morgan fingerprint density at radius 1 is 0.480 bits per heavy atom. The molecule has 0 aliphatic heterocycles. The maximum Gasteiger partial charge on any atom is 0.299 e. The summed E-state index contributed by atoms with van der Waals surface area (Å²) in [5, 5.41) is 24.8. The van der Waals surface area contributed by atoms with Gasteiger partial charge >= 0.3 is 0 Å². The van der Waals surface area contributed by atoms with Crippen LogP contribution < -0.4 is 5.32 Å². The predicted octanol–water partition coefficient (Wildman–Crippen LogP) is 3.88. The number of halogens is 1. The lowest BCUT2D eigenvalue weighted by molar-refractivity contribution is -0.393. The first kappa shape index (κ1) is 45.7. The number of hydrogen-bond acceptors (Lipinski definition) is 15. The van der Waals surface area contributed by atoms with Gasteiger partial charge in [0.25, 0.3) is 11.4 Å². The molecule has 0 saturated heterocycles. The van der Waals surface area contributed by atoms with Crippen molar-refractivity contribution < 1.29 is 57.2 Å². The third-order valence-corrected chi connectivity index (χ3v) is 6.74. The zero-order valence-corrected chi connectivity index (χ0v) is 29.9. The molecule has 0 unspecified atom stereocenters. The van der Waals surface area contributed by atoms with E-state index >= 15 is 0 Å². The number of nitro groups is 2. The van der Waals surface area contributed by atoms with Gasteiger partial charge in [0.15, 0.2) is 0 Å². The van der Waals surface area contributed by atoms with Crippen LogP contribution in [0.3, 0.4) is 0 Å². The highest BCUT2D eigenvalue weighted by atomic mass is 35.5. The van der Waals surface area contributed by atoms with Crippen LogP contribution in [0.25, 0.3) is 0 Å². The van der Waals surface area contributed by atoms with Crippen molar-refractivity contribution in [1.82, 2.24) is 0 Å². The molecule has 17 nitrogen and oxygen atoms in total. The second-order valence-corrected chi connectivity index (χ2v) is 10.7. The van der Waals surface area contributed by atoms with E-state index in [4.69, 9.17) is 59.0 Å². The number of anilines is 1. The summed E-state index contributed by atoms with van der Waals surface area (Å²) in [6, 6.07) is 3.43. The summed E-state index contributed by atoms with van der Waals surface area (Å²) in [4.78, 5) is 20.6. The lowest BCUT2D eigenvalue weighted by Crippen LogP contribution is -2.16. The Balaban J connectivity index is 1.71. The molecule has 0 aliphatic rings. The van der Waals surface area contributed by atoms with Crippen molar-refractivity contribution in [2.75, 3.05) is 150 Å². The zero-order chi connectivity index (χ0) is 36.2. The van der Waals surface area contributed by atoms with Crippen LogP contribution in [0, 0.1) is 20.2 Å². The van der Waals surface area contributed by atoms with Crippen LogP contribution in [0.2, 0.25) is 0 Å². The number of alkyl halides is 1. The van der Waals surface area contributed by atoms with Crippen LogP contribution in [0.5, 0.6) is 0 Å². The van der Waals surface area contributed by atoms with Crippen molar-refractivity contribution in [3.63, 3.8) is 0 Å². The zero-order valence-electron chi connectivity index (χ0n) is 29.1. The summed E-state index contributed by atoms with van der Waals surface area (Å²) in [5.41, 5.74) is -0.523. The number of nitrogens with zero attached hydrogens (tertiary/aromatic N) is 2. The minimum atomic E-state index is -0.680. The molecule has 0 aliphatic carbocycles. The second-order valence-electron chi connectivity index (χ2n) is 10.4. The summed E-state index contributed by atoms with van der Waals surface area (Å²) < 4.78 is 54.6. The fourth-order valence-corrected chi connectivity index (χ4v) is 4.11. The van der Waals surface area contributed by atoms with Crippen molar-refractivity contribution in [2.45, 2.75) is 25.7 Å². The van der Waals surface area contributed by atoms with Crippen molar-refractivity contribution in [2.24, 2.45) is 0 Å². The predicted molar refractivity (Wildman–Crippen MR) is 186 cm³/mol. The minimum Gasteiger partial charge on any atom is -0.379 e. The molecular weight excluding hydrogens is 686 g/mol. The highest BCUT2D eigenvalue weighted by Gasteiger charge is 2.19. The van der Waals surface area contributed by atoms with Crippen LogP contribution in [0.15, 0.2) is 18.2 Å². The average Bonchev–Trinajstić information content (AvgIpc) is 3.11. The van der Waals surface area contributed by atoms with Crippen molar-refractivity contribution >= 4 is 28.7 Å². The van der Waals surface area contributed by atoms with Gasteiger partial charge in [-0.2, -0.15) is 0 Å². The van der Waals surface area contributed by atoms with Gasteiger partial charge < -0.3 is 52.7 Å². The molecule has 290 valence electrons. The average molecular weight is 742 g/mol. The van der Waals surface area contributed by atoms with Crippen LogP contribution in [-0.4, -0.2) is 154 Å². The van der Waals surface area contributed by atoms with E-state index in [1.807, 2.05) is 0 Å². The molecule has 0 saturated carbocycles. The first-order chi connectivity index (χ1) is 24.6. The van der Waals surface area contributed by atoms with Crippen molar-refractivity contribution in [3.8, 4) is 0 Å². The first-order valence-corrected chi connectivity index (χ1v) is 17.6. The van der Waals surface area contributed by atoms with Gasteiger partial charge in [-0.3, -0.25) is 20.2 Å². The molecule has 0 fully saturated rings. The number of benzene rings is 1. The lowest BCUT2D eigenvalue weighted by Gasteiger charge is -2.09. The van der Waals surface area contributed by atoms with E-state index in [2.05, 4.69) is 5.32 Å². The minimum absolute atomic E-state index is 0.187. The Bertz CT molecular complexity index is 953. The quantitative estimate of drug-likeness (QED) is 0.0442. The monoisotopic (exact) mass is 741 g/mol. The van der Waals surface area contributed by atoms with E-state index in [1.54, 1.807) is 0 Å². The van der Waals surface area contributed by atoms with Gasteiger partial charge in [0.05, 0.1) is 141 Å². The normalized spacial score (nSPS) is 11.3. The number of hydrogen-bond donors (Lipinski definition) is 1. The summed E-state index contributed by atoms with van der Waals surface area (Å²) in [7, 11) is 0. The number of non-ortho nitro benzene ring substituents is 1. The van der Waals surface area contributed by atoms with Gasteiger partial charge in [0, 0.05) is 25.1 Å². The largest absolute Gasteiger partial charge is 0.379 e. The summed E-state index contributed by atoms with van der Waals surface area (Å²) in [6.07, 6.45) is 4.45. The summed E-state index contributed by atoms with van der Waals surface area (Å²) >= 11 is 5.65. The van der Waals surface area contributed by atoms with Crippen LogP contribution in [-0.2, 0) is 47.4 Å². The van der Waals surface area contributed by atoms with Crippen molar-refractivity contribution in [3.05, 3.63) is 38.4 Å². The van der Waals surface area contributed by atoms with Crippen LogP contribution >= 0.6 is 11.6 Å². The lowest BCUT2D eigenvalue weighted by atomic mass is 10.2. The van der Waals surface area contributed by atoms with Gasteiger partial charge in [-0.15, -0.1) is 11.6 Å². The Labute approximate surface area is 299 Å². The van der Waals surface area contributed by atoms with Gasteiger partial charge in [0.2, 0.25) is 0 Å². The highest BCUT2D eigenvalue weighted by molar-refractivity contribution is 6.17. The molecule has 1 N–H and O–H groups in total. The van der Waals surface area contributed by atoms with Gasteiger partial charge in [-0.05, 0) is 18.9 Å². The molecular formula is C32H56ClN3O14. The third-order valence-electron chi connectivity index (χ3n) is 6.47. The van der Waals surface area contributed by atoms with Crippen LogP contribution in [0.4, 0.5) is 17.1 Å². The molecule has 1 aromatic rings. The Morgan fingerprint density at radius 2 is 0.840 bits per heavy atom. The summed E-state index contributed by atoms with van der Waals surface area (Å²) in [5.74, 6) is 0.732. The Kier molecular flexibility index (Phi) is 32.1. The number of nitrogens with one attached hydrogen (secondary N) is 1. The second kappa shape index (κ2) is 35.1. The third kappa shape index (κ3) is 28.4. The highest BCUT2D eigenvalue weighted by Crippen LogP contribution is 2.28. The number of ether oxygens (including phenoxy) is 10. The van der Waals surface area contributed by atoms with Crippen molar-refractivity contribution in [1.29, 1.82) is 0 Å². The van der Waals surface area contributed by atoms with Gasteiger partial charge in [-0.1, -0.05) is 12.8 Å². The molecule has 1 aromatic carbocycles. The molecule has 1 rings (SSSR count). The number of unbranched alkanes of at least 4 members (excludes halogenated alkanes) is 3. The molecule has 0 aromatic heterocycles. The van der Waals surface area contributed by atoms with Crippen LogP contribution in [0.1, 0.15) is 25.7 Å². The fraction of sp³-hybridized carbons (Fsp3) is 0.812. The molecule has 0 radical (unpaired) electrons. The maximum absolute atomic E-state index is 11.1. The SMILES string of the molecule is O=[N+]([O-])c1ccc(NCCOCCOCCOCCOCCOCCOCCOCCOCCOCCOCCCCCCCl)c([N+](=O)[O-])c1. The number of nitro benzene ring substituents is 2. The topological polar surface area (TPSA) is 191 Å². The number of rotatable bonds is 39. The molecule has 50 heavy (non-hydrogen) atoms. The van der Waals surface area contributed by atoms with E-state index in [0.717, 1.165) is 44.2 Å².